The molecule has 0 bridgehead atoms. The molecule has 0 aliphatic rings. The molecule has 0 aliphatic carbocycles. The third-order valence-electron chi connectivity index (χ3n) is 1.25. The van der Waals surface area contributed by atoms with E-state index in [-0.39, 0.29) is 0 Å². The van der Waals surface area contributed by atoms with Gasteiger partial charge in [0.1, 0.15) is 0 Å². The summed E-state index contributed by atoms with van der Waals surface area (Å²) in [5.41, 5.74) is 1.07. The van der Waals surface area contributed by atoms with Crippen LogP contribution in [0.2, 0.25) is 0 Å². The van der Waals surface area contributed by atoms with Crippen molar-refractivity contribution in [2.24, 2.45) is 0 Å². The van der Waals surface area contributed by atoms with Gasteiger partial charge in [-0.2, -0.15) is 0 Å². The summed E-state index contributed by atoms with van der Waals surface area (Å²) in [4.78, 5) is 17.8. The van der Waals surface area contributed by atoms with E-state index in [0.717, 1.165) is 5.56 Å². The van der Waals surface area contributed by atoms with Gasteiger partial charge < -0.3 is 9.79 Å². The van der Waals surface area contributed by atoms with Crippen LogP contribution < -0.4 is 0 Å². The number of rotatable bonds is 2. The second kappa shape index (κ2) is 3.62. The van der Waals surface area contributed by atoms with Crippen molar-refractivity contribution in [2.45, 2.75) is 11.8 Å². The van der Waals surface area contributed by atoms with Gasteiger partial charge in [-0.1, -0.05) is 17.7 Å². The predicted molar refractivity (Wildman–Crippen MR) is 49.1 cm³/mol. The van der Waals surface area contributed by atoms with E-state index < -0.39 is 6.80 Å². The summed E-state index contributed by atoms with van der Waals surface area (Å²) in [6, 6.07) is 7.02. The Bertz CT molecular complexity index is 303. The monoisotopic (exact) mass is 204 g/mol. The zero-order chi connectivity index (χ0) is 9.19. The molecule has 0 amide bonds. The van der Waals surface area contributed by atoms with Crippen molar-refractivity contribution in [3.05, 3.63) is 29.8 Å². The summed E-state index contributed by atoms with van der Waals surface area (Å²) in [6.07, 6.45) is 0. The number of hydrogen-bond acceptors (Lipinski definition) is 2. The molecule has 12 heavy (non-hydrogen) atoms. The molecule has 1 rings (SSSR count). The van der Waals surface area contributed by atoms with E-state index in [0.29, 0.717) is 16.3 Å². The molecule has 0 aliphatic heterocycles. The van der Waals surface area contributed by atoms with Gasteiger partial charge in [-0.15, -0.1) is 0 Å². The van der Waals surface area contributed by atoms with Crippen LogP contribution in [0.15, 0.2) is 29.2 Å². The van der Waals surface area contributed by atoms with Crippen molar-refractivity contribution in [3.8, 4) is 0 Å². The highest BCUT2D eigenvalue weighted by Crippen LogP contribution is 2.54. The lowest BCUT2D eigenvalue weighted by Crippen LogP contribution is -1.74. The van der Waals surface area contributed by atoms with Crippen molar-refractivity contribution < 1.29 is 14.4 Å². The molecule has 1 aromatic rings. The number of benzene rings is 1. The smallest absolute Gasteiger partial charge is 0.316 e. The maximum absolute atomic E-state index is 10.5. The minimum Gasteiger partial charge on any atom is -0.316 e. The van der Waals surface area contributed by atoms with Crippen LogP contribution in [0.1, 0.15) is 5.56 Å². The van der Waals surface area contributed by atoms with Gasteiger partial charge in [0.15, 0.2) is 0 Å². The van der Waals surface area contributed by atoms with E-state index in [1.807, 2.05) is 19.1 Å². The molecule has 0 spiro atoms. The fraction of sp³-hybridized carbons (Fsp3) is 0.143. The van der Waals surface area contributed by atoms with Gasteiger partial charge in [0.05, 0.1) is 0 Å². The van der Waals surface area contributed by atoms with Crippen LogP contribution in [0.4, 0.5) is 0 Å². The first-order valence-electron chi connectivity index (χ1n) is 3.29. The van der Waals surface area contributed by atoms with E-state index in [2.05, 4.69) is 0 Å². The molecule has 0 saturated carbocycles. The van der Waals surface area contributed by atoms with Crippen molar-refractivity contribution in [2.75, 3.05) is 0 Å². The summed E-state index contributed by atoms with van der Waals surface area (Å²) in [5.74, 6) is 0. The SMILES string of the molecule is Cc1ccc(SP(=O)(O)O)cc1. The molecule has 0 aromatic heterocycles. The van der Waals surface area contributed by atoms with Gasteiger partial charge >= 0.3 is 6.80 Å². The fourth-order valence-corrected chi connectivity index (χ4v) is 2.46. The minimum atomic E-state index is -3.99. The Kier molecular flexibility index (Phi) is 2.96. The molecule has 0 atom stereocenters. The van der Waals surface area contributed by atoms with Gasteiger partial charge in [-0.05, 0) is 30.4 Å². The Balaban J connectivity index is 2.78. The van der Waals surface area contributed by atoms with Crippen LogP contribution in [0, 0.1) is 6.92 Å². The Labute approximate surface area is 74.7 Å². The molecule has 0 unspecified atom stereocenters. The first-order valence-corrected chi connectivity index (χ1v) is 6.32. The Morgan fingerprint density at radius 1 is 1.25 bits per heavy atom. The zero-order valence-electron chi connectivity index (χ0n) is 6.47. The summed E-state index contributed by atoms with van der Waals surface area (Å²) in [6.45, 7) is -2.06. The molecule has 3 nitrogen and oxygen atoms in total. The first-order chi connectivity index (χ1) is 5.47. The van der Waals surface area contributed by atoms with Crippen LogP contribution in [0.5, 0.6) is 0 Å². The predicted octanol–water partition coefficient (Wildman–Crippen LogP) is 2.18. The highest BCUT2D eigenvalue weighted by Gasteiger charge is 2.14. The average molecular weight is 204 g/mol. The Hall–Kier alpha value is -0.280. The van der Waals surface area contributed by atoms with E-state index in [1.165, 1.54) is 0 Å². The summed E-state index contributed by atoms with van der Waals surface area (Å²) < 4.78 is 10.5. The normalized spacial score (nSPS) is 11.6. The lowest BCUT2D eigenvalue weighted by molar-refractivity contribution is 0.397. The molecular weight excluding hydrogens is 195 g/mol. The maximum atomic E-state index is 10.5. The van der Waals surface area contributed by atoms with Crippen molar-refractivity contribution >= 4 is 18.2 Å². The molecule has 0 radical (unpaired) electrons. The van der Waals surface area contributed by atoms with Gasteiger partial charge in [-0.25, -0.2) is 4.57 Å². The molecule has 2 N–H and O–H groups in total. The van der Waals surface area contributed by atoms with Crippen LogP contribution in [0.25, 0.3) is 0 Å². The standard InChI is InChI=1S/C7H9O3PS/c1-6-2-4-7(5-3-6)12-11(8,9)10/h2-5H,1H3,(H2,8,9,10). The highest BCUT2D eigenvalue weighted by molar-refractivity contribution is 8.54. The lowest BCUT2D eigenvalue weighted by Gasteiger charge is -2.02. The molecule has 66 valence electrons. The molecule has 0 saturated heterocycles. The largest absolute Gasteiger partial charge is 0.388 e. The average Bonchev–Trinajstić information content (AvgIpc) is 1.91. The number of hydrogen-bond donors (Lipinski definition) is 2. The second-order valence-corrected chi connectivity index (χ2v) is 6.00. The topological polar surface area (TPSA) is 57.5 Å². The van der Waals surface area contributed by atoms with Crippen molar-refractivity contribution in [1.82, 2.24) is 0 Å². The van der Waals surface area contributed by atoms with Gasteiger partial charge in [0, 0.05) is 4.90 Å². The fourth-order valence-electron chi connectivity index (χ4n) is 0.736. The minimum absolute atomic E-state index is 0.576. The van der Waals surface area contributed by atoms with Gasteiger partial charge in [0.2, 0.25) is 0 Å². The summed E-state index contributed by atoms with van der Waals surface area (Å²) in [7, 11) is 0. The van der Waals surface area contributed by atoms with Crippen LogP contribution in [-0.2, 0) is 4.57 Å². The highest BCUT2D eigenvalue weighted by atomic mass is 32.7. The zero-order valence-corrected chi connectivity index (χ0v) is 8.18. The van der Waals surface area contributed by atoms with Crippen LogP contribution in [0.3, 0.4) is 0 Å². The van der Waals surface area contributed by atoms with E-state index >= 15 is 0 Å². The molecule has 1 aromatic carbocycles. The van der Waals surface area contributed by atoms with Crippen molar-refractivity contribution in [3.63, 3.8) is 0 Å². The third kappa shape index (κ3) is 3.41. The maximum Gasteiger partial charge on any atom is 0.388 e. The van der Waals surface area contributed by atoms with Crippen molar-refractivity contribution in [1.29, 1.82) is 0 Å². The molecule has 0 heterocycles. The van der Waals surface area contributed by atoms with E-state index in [9.17, 15) is 4.57 Å². The Morgan fingerprint density at radius 2 is 1.75 bits per heavy atom. The second-order valence-electron chi connectivity index (χ2n) is 2.39. The van der Waals surface area contributed by atoms with E-state index in [1.54, 1.807) is 12.1 Å². The first kappa shape index (κ1) is 9.81. The third-order valence-corrected chi connectivity index (χ3v) is 3.31. The van der Waals surface area contributed by atoms with E-state index in [4.69, 9.17) is 9.79 Å². The molecule has 0 fully saturated rings. The lowest BCUT2D eigenvalue weighted by atomic mass is 10.2. The summed E-state index contributed by atoms with van der Waals surface area (Å²) in [5, 5.41) is 0. The van der Waals surface area contributed by atoms with Gasteiger partial charge in [-0.3, -0.25) is 0 Å². The quantitative estimate of drug-likeness (QED) is 0.725. The summed E-state index contributed by atoms with van der Waals surface area (Å²) >= 11 is 0.576. The Morgan fingerprint density at radius 3 is 2.17 bits per heavy atom. The van der Waals surface area contributed by atoms with Crippen LogP contribution >= 0.6 is 18.2 Å². The van der Waals surface area contributed by atoms with Crippen LogP contribution in [-0.4, -0.2) is 9.79 Å². The molecule has 5 heteroatoms. The number of aryl methyl sites for hydroxylation is 1. The molecular formula is C7H9O3PS. The van der Waals surface area contributed by atoms with Gasteiger partial charge in [0.25, 0.3) is 0 Å².